The Labute approximate surface area is 110 Å². The van der Waals surface area contributed by atoms with Gasteiger partial charge in [0.2, 0.25) is 0 Å². The van der Waals surface area contributed by atoms with E-state index in [4.69, 9.17) is 0 Å². The quantitative estimate of drug-likeness (QED) is 0.732. The molecule has 0 aromatic carbocycles. The highest BCUT2D eigenvalue weighted by Gasteiger charge is 2.20. The first-order valence-corrected chi connectivity index (χ1v) is 6.58. The fourth-order valence-electron chi connectivity index (χ4n) is 1.72. The van der Waals surface area contributed by atoms with Crippen molar-refractivity contribution in [1.29, 1.82) is 0 Å². The fraction of sp³-hybridized carbons (Fsp3) is 1.00. The molecule has 0 aliphatic rings. The predicted molar refractivity (Wildman–Crippen MR) is 80.6 cm³/mol. The standard InChI is InChI=1S/C8H19N.C7H17N/c1-7(9(5)6)8(2,3)4;1-7(2,3)6-8(4)5/h7H,1-6H3;6H2,1-5H3. The number of hydrogen-bond acceptors (Lipinski definition) is 2. The van der Waals surface area contributed by atoms with Crippen LogP contribution in [0, 0.1) is 10.8 Å². The van der Waals surface area contributed by atoms with Crippen molar-refractivity contribution in [2.24, 2.45) is 10.8 Å². The molecule has 17 heavy (non-hydrogen) atoms. The fourth-order valence-corrected chi connectivity index (χ4v) is 1.72. The summed E-state index contributed by atoms with van der Waals surface area (Å²) >= 11 is 0. The molecule has 106 valence electrons. The van der Waals surface area contributed by atoms with Crippen molar-refractivity contribution >= 4 is 0 Å². The summed E-state index contributed by atoms with van der Waals surface area (Å²) in [6.45, 7) is 16.9. The maximum absolute atomic E-state index is 2.26. The van der Waals surface area contributed by atoms with Gasteiger partial charge in [-0.1, -0.05) is 41.5 Å². The molecule has 0 aliphatic carbocycles. The van der Waals surface area contributed by atoms with E-state index >= 15 is 0 Å². The van der Waals surface area contributed by atoms with Gasteiger partial charge in [-0.15, -0.1) is 0 Å². The van der Waals surface area contributed by atoms with Crippen LogP contribution in [0.5, 0.6) is 0 Å². The zero-order chi connectivity index (χ0) is 14.4. The summed E-state index contributed by atoms with van der Waals surface area (Å²) in [5.74, 6) is 0. The van der Waals surface area contributed by atoms with Crippen molar-refractivity contribution in [2.75, 3.05) is 34.7 Å². The van der Waals surface area contributed by atoms with Crippen LogP contribution in [0.15, 0.2) is 0 Å². The number of hydrogen-bond donors (Lipinski definition) is 0. The first-order chi connectivity index (χ1) is 7.27. The van der Waals surface area contributed by atoms with Crippen LogP contribution in [0.25, 0.3) is 0 Å². The van der Waals surface area contributed by atoms with Gasteiger partial charge in [-0.2, -0.15) is 0 Å². The van der Waals surface area contributed by atoms with E-state index in [1.807, 2.05) is 0 Å². The lowest BCUT2D eigenvalue weighted by Crippen LogP contribution is -2.36. The molecule has 0 aromatic rings. The van der Waals surface area contributed by atoms with E-state index in [1.54, 1.807) is 0 Å². The van der Waals surface area contributed by atoms with Crippen LogP contribution < -0.4 is 0 Å². The highest BCUT2D eigenvalue weighted by molar-refractivity contribution is 4.74. The van der Waals surface area contributed by atoms with Gasteiger partial charge in [0.1, 0.15) is 0 Å². The Hall–Kier alpha value is -0.0800. The van der Waals surface area contributed by atoms with Crippen molar-refractivity contribution in [3.05, 3.63) is 0 Å². The second kappa shape index (κ2) is 7.38. The normalized spacial score (nSPS) is 14.6. The summed E-state index contributed by atoms with van der Waals surface area (Å²) < 4.78 is 0. The molecule has 0 saturated heterocycles. The largest absolute Gasteiger partial charge is 0.309 e. The van der Waals surface area contributed by atoms with Crippen molar-refractivity contribution in [1.82, 2.24) is 9.80 Å². The SMILES string of the molecule is CC(N(C)C)C(C)(C)C.CN(C)CC(C)(C)C. The van der Waals surface area contributed by atoms with Crippen molar-refractivity contribution in [3.8, 4) is 0 Å². The van der Waals surface area contributed by atoms with Crippen LogP contribution in [-0.4, -0.2) is 50.6 Å². The van der Waals surface area contributed by atoms with Crippen molar-refractivity contribution < 1.29 is 0 Å². The Balaban J connectivity index is 0. The van der Waals surface area contributed by atoms with E-state index in [-0.39, 0.29) is 0 Å². The molecule has 0 radical (unpaired) electrons. The molecule has 0 rings (SSSR count). The smallest absolute Gasteiger partial charge is 0.0109 e. The summed E-state index contributed by atoms with van der Waals surface area (Å²) in [7, 11) is 8.45. The summed E-state index contributed by atoms with van der Waals surface area (Å²) in [5.41, 5.74) is 0.854. The average Bonchev–Trinajstić information content (AvgIpc) is 1.96. The summed E-state index contributed by atoms with van der Waals surface area (Å²) in [6.07, 6.45) is 0. The molecule has 0 bridgehead atoms. The lowest BCUT2D eigenvalue weighted by molar-refractivity contribution is 0.169. The lowest BCUT2D eigenvalue weighted by Gasteiger charge is -2.32. The summed E-state index contributed by atoms with van der Waals surface area (Å²) in [5, 5.41) is 0. The maximum atomic E-state index is 2.26. The summed E-state index contributed by atoms with van der Waals surface area (Å²) in [4.78, 5) is 4.46. The third kappa shape index (κ3) is 13.9. The van der Waals surface area contributed by atoms with E-state index in [0.29, 0.717) is 16.9 Å². The first-order valence-electron chi connectivity index (χ1n) is 6.58. The molecule has 0 aliphatic heterocycles. The van der Waals surface area contributed by atoms with Gasteiger partial charge in [0, 0.05) is 12.6 Å². The van der Waals surface area contributed by atoms with Gasteiger partial charge in [0.15, 0.2) is 0 Å². The zero-order valence-corrected chi connectivity index (χ0v) is 14.2. The van der Waals surface area contributed by atoms with E-state index in [1.165, 1.54) is 0 Å². The highest BCUT2D eigenvalue weighted by atomic mass is 15.1. The van der Waals surface area contributed by atoms with Crippen molar-refractivity contribution in [3.63, 3.8) is 0 Å². The van der Waals surface area contributed by atoms with E-state index in [2.05, 4.69) is 86.5 Å². The molecule has 0 amide bonds. The third-order valence-corrected chi connectivity index (χ3v) is 2.82. The Morgan fingerprint density at radius 3 is 1.18 bits per heavy atom. The molecule has 1 unspecified atom stereocenters. The Kier molecular flexibility index (Phi) is 8.36. The Morgan fingerprint density at radius 2 is 1.18 bits per heavy atom. The Bertz CT molecular complexity index is 182. The molecule has 1 atom stereocenters. The third-order valence-electron chi connectivity index (χ3n) is 2.82. The monoisotopic (exact) mass is 244 g/mol. The van der Waals surface area contributed by atoms with Crippen LogP contribution in [0.2, 0.25) is 0 Å². The van der Waals surface area contributed by atoms with Gasteiger partial charge in [-0.3, -0.25) is 0 Å². The van der Waals surface area contributed by atoms with Crippen LogP contribution in [-0.2, 0) is 0 Å². The van der Waals surface area contributed by atoms with Crippen molar-refractivity contribution in [2.45, 2.75) is 54.5 Å². The van der Waals surface area contributed by atoms with E-state index in [9.17, 15) is 0 Å². The van der Waals surface area contributed by atoms with Crippen LogP contribution >= 0.6 is 0 Å². The second-order valence-corrected chi connectivity index (χ2v) is 7.80. The minimum Gasteiger partial charge on any atom is -0.309 e. The Morgan fingerprint density at radius 1 is 0.824 bits per heavy atom. The lowest BCUT2D eigenvalue weighted by atomic mass is 9.87. The zero-order valence-electron chi connectivity index (χ0n) is 14.2. The predicted octanol–water partition coefficient (Wildman–Crippen LogP) is 3.58. The topological polar surface area (TPSA) is 6.48 Å². The second-order valence-electron chi connectivity index (χ2n) is 7.80. The van der Waals surface area contributed by atoms with Gasteiger partial charge >= 0.3 is 0 Å². The minimum atomic E-state index is 0.406. The minimum absolute atomic E-state index is 0.406. The van der Waals surface area contributed by atoms with Gasteiger partial charge < -0.3 is 9.80 Å². The molecule has 0 aromatic heterocycles. The molecule has 0 heterocycles. The maximum Gasteiger partial charge on any atom is 0.0109 e. The molecular formula is C15H36N2. The average molecular weight is 244 g/mol. The van der Waals surface area contributed by atoms with Gasteiger partial charge in [-0.05, 0) is 45.9 Å². The molecule has 0 saturated carbocycles. The highest BCUT2D eigenvalue weighted by Crippen LogP contribution is 2.21. The number of rotatable bonds is 2. The van der Waals surface area contributed by atoms with Crippen LogP contribution in [0.4, 0.5) is 0 Å². The summed E-state index contributed by atoms with van der Waals surface area (Å²) in [6, 6.07) is 0.650. The molecule has 0 fully saturated rings. The van der Waals surface area contributed by atoms with Crippen LogP contribution in [0.3, 0.4) is 0 Å². The molecule has 2 nitrogen and oxygen atoms in total. The van der Waals surface area contributed by atoms with Crippen LogP contribution in [0.1, 0.15) is 48.5 Å². The molecule has 0 spiro atoms. The number of nitrogens with zero attached hydrogens (tertiary/aromatic N) is 2. The molecule has 2 heteroatoms. The van der Waals surface area contributed by atoms with E-state index < -0.39 is 0 Å². The molecule has 0 N–H and O–H groups in total. The van der Waals surface area contributed by atoms with E-state index in [0.717, 1.165) is 6.54 Å². The van der Waals surface area contributed by atoms with Gasteiger partial charge in [0.05, 0.1) is 0 Å². The first kappa shape index (κ1) is 19.3. The molecular weight excluding hydrogens is 208 g/mol. The van der Waals surface area contributed by atoms with Gasteiger partial charge in [0.25, 0.3) is 0 Å². The van der Waals surface area contributed by atoms with Gasteiger partial charge in [-0.25, -0.2) is 0 Å².